The number of hydrogen-bond donors (Lipinski definition) is 2. The van der Waals surface area contributed by atoms with Crippen molar-refractivity contribution in [3.8, 4) is 0 Å². The first-order chi connectivity index (χ1) is 11.2. The lowest BCUT2D eigenvalue weighted by Crippen LogP contribution is -2.42. The molecule has 2 heterocycles. The van der Waals surface area contributed by atoms with Crippen LogP contribution in [-0.2, 0) is 28.4 Å². The molecule has 128 valence electrons. The molecule has 2 rings (SSSR count). The Morgan fingerprint density at radius 1 is 1.21 bits per heavy atom. The van der Waals surface area contributed by atoms with Gasteiger partial charge >= 0.3 is 11.7 Å². The van der Waals surface area contributed by atoms with Gasteiger partial charge in [0, 0.05) is 26.9 Å². The number of carbonyl (C=O) groups excluding carboxylic acids is 3. The van der Waals surface area contributed by atoms with Gasteiger partial charge in [0.2, 0.25) is 11.7 Å². The molecule has 1 aliphatic heterocycles. The summed E-state index contributed by atoms with van der Waals surface area (Å²) in [6, 6.07) is 0. The Hall–Kier alpha value is -3.24. The van der Waals surface area contributed by atoms with Gasteiger partial charge < -0.3 is 10.5 Å². The second kappa shape index (κ2) is 6.48. The SMILES string of the molecule is Cn1c(N)c(C(=O)COC(=O)C2=NNC(=O)CC2)c(=O)n(C)c1=O. The molecule has 24 heavy (non-hydrogen) atoms. The Morgan fingerprint density at radius 2 is 1.88 bits per heavy atom. The molecule has 0 aromatic carbocycles. The smallest absolute Gasteiger partial charge is 0.354 e. The number of anilines is 1. The summed E-state index contributed by atoms with van der Waals surface area (Å²) < 4.78 is 6.46. The van der Waals surface area contributed by atoms with Crippen molar-refractivity contribution in [2.24, 2.45) is 19.2 Å². The van der Waals surface area contributed by atoms with Crippen LogP contribution in [0.5, 0.6) is 0 Å². The standard InChI is InChI=1S/C13H15N5O6/c1-17-10(14)9(11(21)18(2)13(17)23)7(19)5-24-12(22)6-3-4-8(20)16-15-6/h3-5,14H2,1-2H3,(H,16,20). The fourth-order valence-electron chi connectivity index (χ4n) is 2.03. The molecule has 1 aromatic heterocycles. The number of Topliss-reactive ketones (excluding diaryl/α,β-unsaturated/α-hetero) is 1. The highest BCUT2D eigenvalue weighted by Crippen LogP contribution is 2.06. The molecule has 0 atom stereocenters. The number of rotatable bonds is 4. The van der Waals surface area contributed by atoms with E-state index in [0.717, 1.165) is 9.13 Å². The van der Waals surface area contributed by atoms with Gasteiger partial charge in [-0.05, 0) is 0 Å². The van der Waals surface area contributed by atoms with E-state index in [1.54, 1.807) is 0 Å². The third-order valence-corrected chi connectivity index (χ3v) is 3.46. The third kappa shape index (κ3) is 3.09. The Morgan fingerprint density at radius 3 is 2.46 bits per heavy atom. The lowest BCUT2D eigenvalue weighted by atomic mass is 10.2. The number of nitrogens with one attached hydrogen (secondary N) is 1. The fraction of sp³-hybridized carbons (Fsp3) is 0.385. The number of amides is 1. The lowest BCUT2D eigenvalue weighted by Gasteiger charge is -2.12. The molecule has 1 aromatic rings. The van der Waals surface area contributed by atoms with E-state index < -0.39 is 35.2 Å². The number of aromatic nitrogens is 2. The minimum Gasteiger partial charge on any atom is -0.453 e. The largest absolute Gasteiger partial charge is 0.453 e. The first-order valence-electron chi connectivity index (χ1n) is 6.85. The highest BCUT2D eigenvalue weighted by molar-refractivity contribution is 6.37. The second-order valence-electron chi connectivity index (χ2n) is 5.06. The summed E-state index contributed by atoms with van der Waals surface area (Å²) in [6.45, 7) is -0.747. The maximum absolute atomic E-state index is 12.1. The van der Waals surface area contributed by atoms with Gasteiger partial charge in [-0.3, -0.25) is 23.5 Å². The molecular weight excluding hydrogens is 322 g/mol. The zero-order valence-electron chi connectivity index (χ0n) is 13.0. The molecular formula is C13H15N5O6. The normalized spacial score (nSPS) is 13.9. The summed E-state index contributed by atoms with van der Waals surface area (Å²) in [6.07, 6.45) is 0.165. The van der Waals surface area contributed by atoms with E-state index in [-0.39, 0.29) is 30.3 Å². The van der Waals surface area contributed by atoms with Crippen LogP contribution >= 0.6 is 0 Å². The molecule has 1 aliphatic rings. The van der Waals surface area contributed by atoms with Gasteiger partial charge in [0.25, 0.3) is 5.56 Å². The molecule has 3 N–H and O–H groups in total. The minimum absolute atomic E-state index is 0.0382. The van der Waals surface area contributed by atoms with E-state index in [9.17, 15) is 24.0 Å². The van der Waals surface area contributed by atoms with Crippen LogP contribution < -0.4 is 22.4 Å². The zero-order chi connectivity index (χ0) is 18.0. The second-order valence-corrected chi connectivity index (χ2v) is 5.06. The van der Waals surface area contributed by atoms with Crippen molar-refractivity contribution >= 4 is 29.2 Å². The van der Waals surface area contributed by atoms with Crippen molar-refractivity contribution in [2.45, 2.75) is 12.8 Å². The molecule has 0 aliphatic carbocycles. The quantitative estimate of drug-likeness (QED) is 0.460. The first kappa shape index (κ1) is 17.1. The van der Waals surface area contributed by atoms with E-state index in [1.165, 1.54) is 14.1 Å². The monoisotopic (exact) mass is 337 g/mol. The van der Waals surface area contributed by atoms with Gasteiger partial charge in [0.15, 0.2) is 6.61 Å². The predicted octanol–water partition coefficient (Wildman–Crippen LogP) is -2.34. The number of esters is 1. The number of ketones is 1. The minimum atomic E-state index is -0.886. The fourth-order valence-corrected chi connectivity index (χ4v) is 2.03. The maximum Gasteiger partial charge on any atom is 0.354 e. The molecule has 11 heteroatoms. The number of nitrogens with two attached hydrogens (primary N) is 1. The van der Waals surface area contributed by atoms with Crippen molar-refractivity contribution in [1.29, 1.82) is 0 Å². The molecule has 1 amide bonds. The van der Waals surface area contributed by atoms with Crippen molar-refractivity contribution in [2.75, 3.05) is 12.3 Å². The summed E-state index contributed by atoms with van der Waals surface area (Å²) in [5.74, 6) is -2.38. The first-order valence-corrected chi connectivity index (χ1v) is 6.85. The van der Waals surface area contributed by atoms with E-state index in [2.05, 4.69) is 10.5 Å². The Labute approximate surface area is 134 Å². The van der Waals surface area contributed by atoms with Crippen LogP contribution in [0.2, 0.25) is 0 Å². The van der Waals surface area contributed by atoms with Crippen LogP contribution in [-0.4, -0.2) is 39.1 Å². The van der Waals surface area contributed by atoms with E-state index in [4.69, 9.17) is 10.5 Å². The molecule has 0 fully saturated rings. The van der Waals surface area contributed by atoms with E-state index >= 15 is 0 Å². The number of nitrogen functional groups attached to an aromatic ring is 1. The van der Waals surface area contributed by atoms with E-state index in [1.807, 2.05) is 0 Å². The average molecular weight is 337 g/mol. The number of hydrazone groups is 1. The molecule has 0 bridgehead atoms. The highest BCUT2D eigenvalue weighted by Gasteiger charge is 2.24. The predicted molar refractivity (Wildman–Crippen MR) is 81.4 cm³/mol. The van der Waals surface area contributed by atoms with Crippen molar-refractivity contribution < 1.29 is 19.1 Å². The third-order valence-electron chi connectivity index (χ3n) is 3.46. The number of nitrogens with zero attached hydrogens (tertiary/aromatic N) is 3. The molecule has 0 saturated heterocycles. The average Bonchev–Trinajstić information content (AvgIpc) is 2.57. The maximum atomic E-state index is 12.1. The van der Waals surface area contributed by atoms with Gasteiger partial charge in [-0.2, -0.15) is 5.10 Å². The summed E-state index contributed by atoms with van der Waals surface area (Å²) in [5.41, 5.74) is 5.72. The van der Waals surface area contributed by atoms with Crippen LogP contribution in [0.25, 0.3) is 0 Å². The Kier molecular flexibility index (Phi) is 4.62. The topological polar surface area (TPSA) is 155 Å². The van der Waals surface area contributed by atoms with Gasteiger partial charge in [-0.15, -0.1) is 0 Å². The molecule has 0 unspecified atom stereocenters. The summed E-state index contributed by atoms with van der Waals surface area (Å²) >= 11 is 0. The Bertz CT molecular complexity index is 878. The number of hydrogen-bond acceptors (Lipinski definition) is 8. The van der Waals surface area contributed by atoms with Gasteiger partial charge in [0.1, 0.15) is 17.1 Å². The van der Waals surface area contributed by atoms with Crippen LogP contribution in [0.1, 0.15) is 23.2 Å². The molecule has 0 radical (unpaired) electrons. The van der Waals surface area contributed by atoms with Crippen molar-refractivity contribution in [3.05, 3.63) is 26.4 Å². The number of carbonyl (C=O) groups is 3. The molecule has 0 saturated carbocycles. The van der Waals surface area contributed by atoms with Crippen LogP contribution in [0.4, 0.5) is 5.82 Å². The van der Waals surface area contributed by atoms with Gasteiger partial charge in [-0.25, -0.2) is 15.0 Å². The highest BCUT2D eigenvalue weighted by atomic mass is 16.5. The van der Waals surface area contributed by atoms with Crippen LogP contribution in [0.15, 0.2) is 14.7 Å². The molecule has 0 spiro atoms. The van der Waals surface area contributed by atoms with Gasteiger partial charge in [-0.1, -0.05) is 0 Å². The van der Waals surface area contributed by atoms with Crippen molar-refractivity contribution in [1.82, 2.24) is 14.6 Å². The van der Waals surface area contributed by atoms with Gasteiger partial charge in [0.05, 0.1) is 0 Å². The van der Waals surface area contributed by atoms with E-state index in [0.29, 0.717) is 0 Å². The summed E-state index contributed by atoms with van der Waals surface area (Å²) in [7, 11) is 2.51. The van der Waals surface area contributed by atoms with Crippen LogP contribution in [0.3, 0.4) is 0 Å². The zero-order valence-corrected chi connectivity index (χ0v) is 13.0. The van der Waals surface area contributed by atoms with Crippen molar-refractivity contribution in [3.63, 3.8) is 0 Å². The van der Waals surface area contributed by atoms with Crippen LogP contribution in [0, 0.1) is 0 Å². The molecule has 11 nitrogen and oxygen atoms in total. The number of ether oxygens (including phenoxy) is 1. The summed E-state index contributed by atoms with van der Waals surface area (Å²) in [5, 5.41) is 3.53. The summed E-state index contributed by atoms with van der Waals surface area (Å²) in [4.78, 5) is 58.6. The Balaban J connectivity index is 2.17. The lowest BCUT2D eigenvalue weighted by molar-refractivity contribution is -0.134.